The van der Waals surface area contributed by atoms with Gasteiger partial charge in [-0.3, -0.25) is 10.0 Å². The van der Waals surface area contributed by atoms with E-state index in [9.17, 15) is 10.0 Å². The summed E-state index contributed by atoms with van der Waals surface area (Å²) in [7, 11) is 0. The van der Waals surface area contributed by atoms with Crippen LogP contribution >= 0.6 is 0 Å². The summed E-state index contributed by atoms with van der Waals surface area (Å²) in [5.74, 6) is -0.334. The Bertz CT molecular complexity index is 338. The Kier molecular flexibility index (Phi) is 4.08. The molecule has 5 heteroatoms. The Hall–Kier alpha value is -1.59. The van der Waals surface area contributed by atoms with Crippen LogP contribution in [-0.4, -0.2) is 17.8 Å². The largest absolute Gasteiger partial charge is 0.733 e. The molecule has 0 atom stereocenters. The molecule has 0 aliphatic carbocycles. The lowest BCUT2D eigenvalue weighted by molar-refractivity contribution is -0.140. The fourth-order valence-corrected chi connectivity index (χ4v) is 1.14. The van der Waals surface area contributed by atoms with Gasteiger partial charge in [0.15, 0.2) is 0 Å². The fraction of sp³-hybridized carbons (Fsp3) is 0.300. The van der Waals surface area contributed by atoms with Gasteiger partial charge >= 0.3 is 5.97 Å². The molecular formula is C10H12NO4-. The van der Waals surface area contributed by atoms with Crippen molar-refractivity contribution in [1.29, 1.82) is 0 Å². The summed E-state index contributed by atoms with van der Waals surface area (Å²) >= 11 is 0. The smallest absolute Gasteiger partial charge is 0.302 e. The van der Waals surface area contributed by atoms with E-state index in [1.165, 1.54) is 19.1 Å². The van der Waals surface area contributed by atoms with Crippen LogP contribution in [0.25, 0.3) is 0 Å². The highest BCUT2D eigenvalue weighted by Crippen LogP contribution is 2.13. The quantitative estimate of drug-likeness (QED) is 0.602. The van der Waals surface area contributed by atoms with Gasteiger partial charge in [-0.25, -0.2) is 0 Å². The van der Waals surface area contributed by atoms with Gasteiger partial charge in [0.2, 0.25) is 0 Å². The summed E-state index contributed by atoms with van der Waals surface area (Å²) in [5, 5.41) is 19.0. The van der Waals surface area contributed by atoms with Crippen molar-refractivity contribution in [3.63, 3.8) is 0 Å². The molecule has 0 radical (unpaired) electrons. The number of carbonyl (C=O) groups excluding carboxylic acids is 1. The van der Waals surface area contributed by atoms with Gasteiger partial charge in [-0.15, -0.1) is 0 Å². The van der Waals surface area contributed by atoms with Gasteiger partial charge in [0.1, 0.15) is 0 Å². The summed E-state index contributed by atoms with van der Waals surface area (Å²) in [6, 6.07) is 6.47. The number of benzene rings is 1. The second-order valence-corrected chi connectivity index (χ2v) is 3.03. The van der Waals surface area contributed by atoms with Gasteiger partial charge in [-0.1, -0.05) is 12.1 Å². The van der Waals surface area contributed by atoms with Crippen molar-refractivity contribution in [2.45, 2.75) is 13.3 Å². The number of nitrogens with zero attached hydrogens (tertiary/aromatic N) is 1. The third kappa shape index (κ3) is 3.97. The molecular weight excluding hydrogens is 198 g/mol. The van der Waals surface area contributed by atoms with Crippen molar-refractivity contribution in [1.82, 2.24) is 0 Å². The standard InChI is InChI=1S/C10H12NO4/c1-8(12)15-6-5-9-3-2-4-10(7-9)11(13)14/h2-4,7,13H,5-6H2,1H3/q-1. The number of hydrogen-bond donors (Lipinski definition) is 1. The number of esters is 1. The van der Waals surface area contributed by atoms with E-state index < -0.39 is 0 Å². The van der Waals surface area contributed by atoms with Crippen molar-refractivity contribution < 1.29 is 14.7 Å². The minimum Gasteiger partial charge on any atom is -0.733 e. The van der Waals surface area contributed by atoms with Crippen LogP contribution in [0.4, 0.5) is 5.69 Å². The molecule has 0 spiro atoms. The highest BCUT2D eigenvalue weighted by atomic mass is 16.8. The van der Waals surface area contributed by atoms with Crippen molar-refractivity contribution in [2.24, 2.45) is 0 Å². The van der Waals surface area contributed by atoms with E-state index >= 15 is 0 Å². The Morgan fingerprint density at radius 1 is 1.60 bits per heavy atom. The lowest BCUT2D eigenvalue weighted by Gasteiger charge is -2.21. The zero-order chi connectivity index (χ0) is 11.3. The molecule has 0 aliphatic heterocycles. The van der Waals surface area contributed by atoms with E-state index in [-0.39, 0.29) is 23.5 Å². The van der Waals surface area contributed by atoms with Crippen LogP contribution in [0.1, 0.15) is 12.5 Å². The predicted octanol–water partition coefficient (Wildman–Crippen LogP) is 1.49. The van der Waals surface area contributed by atoms with Gasteiger partial charge in [0, 0.05) is 13.3 Å². The van der Waals surface area contributed by atoms with Crippen LogP contribution in [-0.2, 0) is 16.0 Å². The maximum atomic E-state index is 10.6. The molecule has 5 nitrogen and oxygen atoms in total. The van der Waals surface area contributed by atoms with Gasteiger partial charge in [-0.2, -0.15) is 0 Å². The molecule has 1 aromatic rings. The molecule has 1 rings (SSSR count). The van der Waals surface area contributed by atoms with Gasteiger partial charge in [-0.05, 0) is 17.7 Å². The number of anilines is 1. The number of ether oxygens (including phenoxy) is 1. The molecule has 82 valence electrons. The normalized spacial score (nSPS) is 9.80. The monoisotopic (exact) mass is 210 g/mol. The Morgan fingerprint density at radius 3 is 2.93 bits per heavy atom. The zero-order valence-electron chi connectivity index (χ0n) is 8.34. The second kappa shape index (κ2) is 5.33. The first kappa shape index (κ1) is 11.5. The average Bonchev–Trinajstić information content (AvgIpc) is 2.17. The van der Waals surface area contributed by atoms with Crippen molar-refractivity contribution in [2.75, 3.05) is 11.8 Å². The topological polar surface area (TPSA) is 72.8 Å². The summed E-state index contributed by atoms with van der Waals surface area (Å²) in [6.07, 6.45) is 0.515. The van der Waals surface area contributed by atoms with Crippen LogP contribution in [0.5, 0.6) is 0 Å². The number of hydrogen-bond acceptors (Lipinski definition) is 5. The second-order valence-electron chi connectivity index (χ2n) is 3.03. The minimum atomic E-state index is -0.334. The molecule has 1 N–H and O–H groups in total. The van der Waals surface area contributed by atoms with Gasteiger partial charge in [0.05, 0.1) is 12.3 Å². The molecule has 0 bridgehead atoms. The van der Waals surface area contributed by atoms with E-state index in [0.717, 1.165) is 5.56 Å². The first-order valence-electron chi connectivity index (χ1n) is 4.48. The first-order valence-corrected chi connectivity index (χ1v) is 4.48. The van der Waals surface area contributed by atoms with E-state index in [2.05, 4.69) is 0 Å². The molecule has 0 heterocycles. The highest BCUT2D eigenvalue weighted by molar-refractivity contribution is 5.65. The number of rotatable bonds is 4. The third-order valence-electron chi connectivity index (χ3n) is 1.83. The molecule has 0 saturated carbocycles. The van der Waals surface area contributed by atoms with Crippen molar-refractivity contribution >= 4 is 11.7 Å². The van der Waals surface area contributed by atoms with E-state index in [1.54, 1.807) is 12.1 Å². The zero-order valence-corrected chi connectivity index (χ0v) is 8.34. The van der Waals surface area contributed by atoms with Crippen LogP contribution < -0.4 is 5.23 Å². The van der Waals surface area contributed by atoms with Crippen molar-refractivity contribution in [3.05, 3.63) is 35.0 Å². The summed E-state index contributed by atoms with van der Waals surface area (Å²) in [5.41, 5.74) is 0.985. The Morgan fingerprint density at radius 2 is 2.33 bits per heavy atom. The third-order valence-corrected chi connectivity index (χ3v) is 1.83. The molecule has 0 aromatic heterocycles. The van der Waals surface area contributed by atoms with Gasteiger partial charge < -0.3 is 15.2 Å². The average molecular weight is 210 g/mol. The summed E-state index contributed by atoms with van der Waals surface area (Å²) in [6.45, 7) is 1.60. The van der Waals surface area contributed by atoms with E-state index in [1.807, 2.05) is 0 Å². The summed E-state index contributed by atoms with van der Waals surface area (Å²) < 4.78 is 4.75. The number of carbonyl (C=O) groups is 1. The van der Waals surface area contributed by atoms with Crippen LogP contribution in [0.15, 0.2) is 24.3 Å². The SMILES string of the molecule is CC(=O)OCCc1cccc(N([O-])O)c1. The highest BCUT2D eigenvalue weighted by Gasteiger charge is 1.98. The molecule has 1 aromatic carbocycles. The van der Waals surface area contributed by atoms with Crippen LogP contribution in [0, 0.1) is 5.21 Å². The van der Waals surface area contributed by atoms with Crippen molar-refractivity contribution in [3.8, 4) is 0 Å². The molecule has 0 amide bonds. The van der Waals surface area contributed by atoms with Gasteiger partial charge in [0.25, 0.3) is 0 Å². The Labute approximate surface area is 87.4 Å². The molecule has 0 fully saturated rings. The minimum absolute atomic E-state index is 0.162. The lowest BCUT2D eigenvalue weighted by atomic mass is 10.1. The lowest BCUT2D eigenvalue weighted by Crippen LogP contribution is -2.08. The molecule has 15 heavy (non-hydrogen) atoms. The van der Waals surface area contributed by atoms with Crippen LogP contribution in [0.3, 0.4) is 0 Å². The van der Waals surface area contributed by atoms with Crippen LogP contribution in [0.2, 0.25) is 0 Å². The summed E-state index contributed by atoms with van der Waals surface area (Å²) in [4.78, 5) is 10.5. The molecule has 0 aliphatic rings. The maximum absolute atomic E-state index is 10.6. The first-order chi connectivity index (χ1) is 7.09. The predicted molar refractivity (Wildman–Crippen MR) is 54.4 cm³/mol. The molecule has 0 unspecified atom stereocenters. The Balaban J connectivity index is 2.54. The van der Waals surface area contributed by atoms with E-state index in [0.29, 0.717) is 6.42 Å². The van der Waals surface area contributed by atoms with E-state index in [4.69, 9.17) is 9.94 Å². The molecule has 0 saturated heterocycles. The fourth-order valence-electron chi connectivity index (χ4n) is 1.14. The maximum Gasteiger partial charge on any atom is 0.302 e.